The van der Waals surface area contributed by atoms with Crippen LogP contribution in [0.1, 0.15) is 31.8 Å². The Morgan fingerprint density at radius 3 is 2.33 bits per heavy atom. The molecule has 0 radical (unpaired) electrons. The smallest absolute Gasteiger partial charge is 0.337 e. The first-order valence-corrected chi connectivity index (χ1v) is 9.41. The lowest BCUT2D eigenvalue weighted by Crippen LogP contribution is -2.25. The van der Waals surface area contributed by atoms with Crippen LogP contribution in [0.15, 0.2) is 41.3 Å². The van der Waals surface area contributed by atoms with Gasteiger partial charge < -0.3 is 4.74 Å². The summed E-state index contributed by atoms with van der Waals surface area (Å²) in [6.07, 6.45) is 0.497. The molecule has 0 bridgehead atoms. The lowest BCUT2D eigenvalue weighted by Gasteiger charge is -2.07. The average molecular weight is 367 g/mol. The number of nitrogens with one attached hydrogen (secondary N) is 1. The van der Waals surface area contributed by atoms with Gasteiger partial charge in [0.2, 0.25) is 10.0 Å². The molecule has 1 N–H and O–H groups in total. The van der Waals surface area contributed by atoms with Crippen molar-refractivity contribution in [3.05, 3.63) is 51.7 Å². The van der Waals surface area contributed by atoms with Crippen molar-refractivity contribution < 1.29 is 22.7 Å². The van der Waals surface area contributed by atoms with Crippen molar-refractivity contribution in [2.24, 2.45) is 0 Å². The molecule has 2 rings (SSSR count). The molecule has 24 heavy (non-hydrogen) atoms. The Morgan fingerprint density at radius 2 is 1.79 bits per heavy atom. The van der Waals surface area contributed by atoms with E-state index in [1.807, 2.05) is 6.07 Å². The van der Waals surface area contributed by atoms with Gasteiger partial charge in [0.25, 0.3) is 0 Å². The topological polar surface area (TPSA) is 89.5 Å². The third-order valence-electron chi connectivity index (χ3n) is 3.26. The van der Waals surface area contributed by atoms with Gasteiger partial charge in [0.15, 0.2) is 5.78 Å². The van der Waals surface area contributed by atoms with Crippen LogP contribution in [0, 0.1) is 0 Å². The van der Waals surface area contributed by atoms with Crippen molar-refractivity contribution in [2.45, 2.75) is 18.2 Å². The lowest BCUT2D eigenvalue weighted by atomic mass is 10.2. The van der Waals surface area contributed by atoms with E-state index in [2.05, 4.69) is 9.46 Å². The molecule has 1 aromatic carbocycles. The standard InChI is InChI=1S/C16H17NO5S2/c1-11(18)15-8-5-13(23-15)9-10-17-24(20,21)14-6-3-12(4-7-14)16(19)22-2/h3-8,17H,9-10H2,1-2H3. The molecule has 2 aromatic rings. The van der Waals surface area contributed by atoms with E-state index in [9.17, 15) is 18.0 Å². The van der Waals surface area contributed by atoms with Gasteiger partial charge >= 0.3 is 5.97 Å². The molecule has 0 fully saturated rings. The molecule has 1 aromatic heterocycles. The highest BCUT2D eigenvalue weighted by atomic mass is 32.2. The molecule has 0 saturated heterocycles. The number of methoxy groups -OCH3 is 1. The van der Waals surface area contributed by atoms with Gasteiger partial charge in [-0.1, -0.05) is 0 Å². The van der Waals surface area contributed by atoms with Crippen LogP contribution in [0.5, 0.6) is 0 Å². The van der Waals surface area contributed by atoms with E-state index in [0.717, 1.165) is 4.88 Å². The second-order valence-electron chi connectivity index (χ2n) is 4.99. The summed E-state index contributed by atoms with van der Waals surface area (Å²) in [4.78, 5) is 24.3. The Bertz CT molecular complexity index is 838. The van der Waals surface area contributed by atoms with Crippen LogP contribution in [0.3, 0.4) is 0 Å². The fraction of sp³-hybridized carbons (Fsp3) is 0.250. The van der Waals surface area contributed by atoms with E-state index >= 15 is 0 Å². The fourth-order valence-electron chi connectivity index (χ4n) is 1.98. The number of Topliss-reactive ketones (excluding diaryl/α,β-unsaturated/α-hetero) is 1. The van der Waals surface area contributed by atoms with E-state index in [0.29, 0.717) is 11.3 Å². The maximum absolute atomic E-state index is 12.2. The molecule has 1 heterocycles. The molecule has 0 aliphatic carbocycles. The number of ether oxygens (including phenoxy) is 1. The van der Waals surface area contributed by atoms with E-state index < -0.39 is 16.0 Å². The van der Waals surface area contributed by atoms with Crippen molar-refractivity contribution in [2.75, 3.05) is 13.7 Å². The van der Waals surface area contributed by atoms with Crippen molar-refractivity contribution in [1.29, 1.82) is 0 Å². The summed E-state index contributed by atoms with van der Waals surface area (Å²) in [5.41, 5.74) is 0.284. The van der Waals surface area contributed by atoms with Gasteiger partial charge in [0.1, 0.15) is 0 Å². The maximum atomic E-state index is 12.2. The van der Waals surface area contributed by atoms with Crippen LogP contribution in [0.2, 0.25) is 0 Å². The lowest BCUT2D eigenvalue weighted by molar-refractivity contribution is 0.0600. The van der Waals surface area contributed by atoms with Crippen LogP contribution in [-0.2, 0) is 21.2 Å². The Balaban J connectivity index is 1.97. The summed E-state index contributed by atoms with van der Waals surface area (Å²) in [5, 5.41) is 0. The number of esters is 1. The molecule has 6 nitrogen and oxygen atoms in total. The van der Waals surface area contributed by atoms with Gasteiger partial charge in [0.05, 0.1) is 22.4 Å². The molecule has 8 heteroatoms. The number of ketones is 1. The van der Waals surface area contributed by atoms with Crippen LogP contribution in [0.4, 0.5) is 0 Å². The number of rotatable bonds is 7. The number of hydrogen-bond acceptors (Lipinski definition) is 6. The number of carbonyl (C=O) groups excluding carboxylic acids is 2. The van der Waals surface area contributed by atoms with Crippen LogP contribution in [0.25, 0.3) is 0 Å². The molecule has 0 unspecified atom stereocenters. The summed E-state index contributed by atoms with van der Waals surface area (Å²) >= 11 is 1.36. The summed E-state index contributed by atoms with van der Waals surface area (Å²) < 4.78 is 31.5. The van der Waals surface area contributed by atoms with Crippen molar-refractivity contribution in [3.63, 3.8) is 0 Å². The predicted octanol–water partition coefficient (Wildman–Crippen LogP) is 2.26. The van der Waals surface area contributed by atoms with Gasteiger partial charge in [-0.15, -0.1) is 11.3 Å². The minimum atomic E-state index is -3.65. The van der Waals surface area contributed by atoms with Crippen LogP contribution < -0.4 is 4.72 Å². The Hall–Kier alpha value is -2.03. The first kappa shape index (κ1) is 18.3. The summed E-state index contributed by atoms with van der Waals surface area (Å²) in [6.45, 7) is 1.72. The van der Waals surface area contributed by atoms with Gasteiger partial charge in [-0.3, -0.25) is 4.79 Å². The third-order valence-corrected chi connectivity index (χ3v) is 5.98. The van der Waals surface area contributed by atoms with Crippen molar-refractivity contribution >= 4 is 33.1 Å². The molecule has 128 valence electrons. The molecule has 0 atom stereocenters. The highest BCUT2D eigenvalue weighted by Crippen LogP contribution is 2.17. The number of thiophene rings is 1. The average Bonchev–Trinajstić information content (AvgIpc) is 3.03. The largest absolute Gasteiger partial charge is 0.465 e. The minimum Gasteiger partial charge on any atom is -0.465 e. The zero-order valence-electron chi connectivity index (χ0n) is 13.2. The fourth-order valence-corrected chi connectivity index (χ4v) is 3.92. The molecule has 0 aliphatic heterocycles. The highest BCUT2D eigenvalue weighted by Gasteiger charge is 2.15. The molecule has 0 saturated carbocycles. The van der Waals surface area contributed by atoms with Gasteiger partial charge in [-0.2, -0.15) is 0 Å². The monoisotopic (exact) mass is 367 g/mol. The summed E-state index contributed by atoms with van der Waals surface area (Å²) in [5.74, 6) is -0.525. The molecule has 0 aliphatic rings. The summed E-state index contributed by atoms with van der Waals surface area (Å²) in [7, 11) is -2.39. The number of sulfonamides is 1. The van der Waals surface area contributed by atoms with Crippen LogP contribution >= 0.6 is 11.3 Å². The second kappa shape index (κ2) is 7.69. The first-order chi connectivity index (χ1) is 11.3. The Kier molecular flexibility index (Phi) is 5.87. The predicted molar refractivity (Wildman–Crippen MR) is 91.0 cm³/mol. The van der Waals surface area contributed by atoms with Gasteiger partial charge in [-0.25, -0.2) is 17.9 Å². The molecular formula is C16H17NO5S2. The highest BCUT2D eigenvalue weighted by molar-refractivity contribution is 7.89. The van der Waals surface area contributed by atoms with Gasteiger partial charge in [-0.05, 0) is 49.7 Å². The van der Waals surface area contributed by atoms with E-state index in [-0.39, 0.29) is 22.8 Å². The van der Waals surface area contributed by atoms with E-state index in [1.54, 1.807) is 6.07 Å². The van der Waals surface area contributed by atoms with Crippen molar-refractivity contribution in [1.82, 2.24) is 4.72 Å². The number of carbonyl (C=O) groups is 2. The summed E-state index contributed by atoms with van der Waals surface area (Å²) in [6, 6.07) is 9.07. The minimum absolute atomic E-state index is 0.00229. The van der Waals surface area contributed by atoms with Crippen molar-refractivity contribution in [3.8, 4) is 0 Å². The number of hydrogen-bond donors (Lipinski definition) is 1. The maximum Gasteiger partial charge on any atom is 0.337 e. The van der Waals surface area contributed by atoms with Gasteiger partial charge in [0, 0.05) is 11.4 Å². The molecular weight excluding hydrogens is 350 g/mol. The third kappa shape index (κ3) is 4.50. The zero-order valence-corrected chi connectivity index (χ0v) is 14.9. The van der Waals surface area contributed by atoms with Crippen LogP contribution in [-0.4, -0.2) is 33.8 Å². The normalized spacial score (nSPS) is 11.2. The first-order valence-electron chi connectivity index (χ1n) is 7.11. The number of benzene rings is 1. The molecule has 0 spiro atoms. The van der Waals surface area contributed by atoms with E-state index in [4.69, 9.17) is 0 Å². The van der Waals surface area contributed by atoms with E-state index in [1.165, 1.54) is 49.6 Å². The second-order valence-corrected chi connectivity index (χ2v) is 7.92. The SMILES string of the molecule is COC(=O)c1ccc(S(=O)(=O)NCCc2ccc(C(C)=O)s2)cc1. The molecule has 0 amide bonds. The quantitative estimate of drug-likeness (QED) is 0.599. The zero-order chi connectivity index (χ0) is 17.7. The Labute approximate surface area is 144 Å². The Morgan fingerprint density at radius 1 is 1.12 bits per heavy atom.